The molecule has 0 bridgehead atoms. The lowest BCUT2D eigenvalue weighted by atomic mass is 10.0. The first kappa shape index (κ1) is 20.8. The molecule has 0 aliphatic heterocycles. The molecule has 6 nitrogen and oxygen atoms in total. The molecule has 0 fully saturated rings. The summed E-state index contributed by atoms with van der Waals surface area (Å²) in [5.74, 6) is -0.452. The molecule has 0 atom stereocenters. The van der Waals surface area contributed by atoms with Crippen LogP contribution in [0.2, 0.25) is 5.02 Å². The molecule has 0 unspecified atom stereocenters. The number of hydrogen-bond acceptors (Lipinski definition) is 6. The van der Waals surface area contributed by atoms with Gasteiger partial charge in [-0.25, -0.2) is 13.2 Å². The molecule has 1 heterocycles. The van der Waals surface area contributed by atoms with Crippen molar-refractivity contribution in [2.45, 2.75) is 10.6 Å². The Hall–Kier alpha value is -2.90. The van der Waals surface area contributed by atoms with Gasteiger partial charge in [-0.05, 0) is 47.5 Å². The number of halogens is 1. The zero-order valence-electron chi connectivity index (χ0n) is 15.8. The second-order valence-electron chi connectivity index (χ2n) is 6.21. The third-order valence-corrected chi connectivity index (χ3v) is 6.19. The minimum atomic E-state index is -3.71. The van der Waals surface area contributed by atoms with E-state index in [1.165, 1.54) is 32.5 Å². The van der Waals surface area contributed by atoms with Gasteiger partial charge in [0.05, 0.1) is 25.5 Å². The number of rotatable bonds is 6. The van der Waals surface area contributed by atoms with Crippen LogP contribution in [0.4, 0.5) is 0 Å². The minimum absolute atomic E-state index is 0.0281. The molecule has 0 spiro atoms. The lowest BCUT2D eigenvalue weighted by molar-refractivity contribution is 0.0600. The Morgan fingerprint density at radius 2 is 1.72 bits per heavy atom. The van der Waals surface area contributed by atoms with E-state index < -0.39 is 15.8 Å². The summed E-state index contributed by atoms with van der Waals surface area (Å²) >= 11 is 5.97. The maximum absolute atomic E-state index is 12.9. The number of carbonyl (C=O) groups is 1. The van der Waals surface area contributed by atoms with Crippen LogP contribution in [0.1, 0.15) is 15.9 Å². The Morgan fingerprint density at radius 3 is 2.38 bits per heavy atom. The predicted octanol–water partition coefficient (Wildman–Crippen LogP) is 4.17. The second kappa shape index (κ2) is 8.63. The first-order valence-electron chi connectivity index (χ1n) is 8.53. The summed E-state index contributed by atoms with van der Waals surface area (Å²) < 4.78 is 35.7. The number of esters is 1. The smallest absolute Gasteiger partial charge is 0.337 e. The topological polar surface area (TPSA) is 82.6 Å². The van der Waals surface area contributed by atoms with Gasteiger partial charge in [0, 0.05) is 23.0 Å². The summed E-state index contributed by atoms with van der Waals surface area (Å²) in [5, 5.41) is 0.307. The molecule has 0 saturated heterocycles. The predicted molar refractivity (Wildman–Crippen MR) is 110 cm³/mol. The lowest BCUT2D eigenvalue weighted by Gasteiger charge is -2.11. The second-order valence-corrected chi connectivity index (χ2v) is 8.60. The standard InChI is InChI=1S/C21H18ClNO5S/c1-27-19-8-7-18(22)10-20(19)29(25,26)13-14-9-17(12-23-11-14)15-3-5-16(6-4-15)21(24)28-2/h3-12H,13H2,1-2H3. The maximum atomic E-state index is 12.9. The molecule has 2 aromatic carbocycles. The van der Waals surface area contributed by atoms with Crippen molar-refractivity contribution >= 4 is 27.4 Å². The Balaban J connectivity index is 1.90. The number of benzene rings is 2. The number of carbonyl (C=O) groups excluding carboxylic acids is 1. The Labute approximate surface area is 174 Å². The summed E-state index contributed by atoms with van der Waals surface area (Å²) in [6.07, 6.45) is 3.13. The summed E-state index contributed by atoms with van der Waals surface area (Å²) in [6, 6.07) is 13.0. The van der Waals surface area contributed by atoms with Crippen LogP contribution in [-0.2, 0) is 20.3 Å². The number of nitrogens with zero attached hydrogens (tertiary/aromatic N) is 1. The molecule has 8 heteroatoms. The molecule has 29 heavy (non-hydrogen) atoms. The molecule has 150 valence electrons. The molecule has 3 aromatic rings. The number of sulfone groups is 1. The van der Waals surface area contributed by atoms with Crippen molar-refractivity contribution < 1.29 is 22.7 Å². The summed E-state index contributed by atoms with van der Waals surface area (Å²) in [5.41, 5.74) is 2.47. The van der Waals surface area contributed by atoms with E-state index in [4.69, 9.17) is 16.3 Å². The first-order valence-corrected chi connectivity index (χ1v) is 10.6. The molecule has 0 saturated carbocycles. The normalized spacial score (nSPS) is 11.1. The van der Waals surface area contributed by atoms with Crippen molar-refractivity contribution in [3.8, 4) is 16.9 Å². The van der Waals surface area contributed by atoms with Gasteiger partial charge in [0.15, 0.2) is 9.84 Å². The van der Waals surface area contributed by atoms with Crippen LogP contribution in [0.3, 0.4) is 0 Å². The fraction of sp³-hybridized carbons (Fsp3) is 0.143. The molecular formula is C21H18ClNO5S. The van der Waals surface area contributed by atoms with Gasteiger partial charge in [-0.3, -0.25) is 4.98 Å². The third-order valence-electron chi connectivity index (χ3n) is 4.25. The highest BCUT2D eigenvalue weighted by Crippen LogP contribution is 2.30. The maximum Gasteiger partial charge on any atom is 0.337 e. The van der Waals surface area contributed by atoms with Gasteiger partial charge in [0.25, 0.3) is 0 Å². The largest absolute Gasteiger partial charge is 0.495 e. The highest BCUT2D eigenvalue weighted by molar-refractivity contribution is 7.90. The Morgan fingerprint density at radius 1 is 1.00 bits per heavy atom. The van der Waals surface area contributed by atoms with E-state index in [0.717, 1.165) is 11.1 Å². The van der Waals surface area contributed by atoms with Gasteiger partial charge in [-0.15, -0.1) is 0 Å². The molecule has 0 aliphatic rings. The van der Waals surface area contributed by atoms with Gasteiger partial charge in [-0.1, -0.05) is 23.7 Å². The monoisotopic (exact) mass is 431 g/mol. The van der Waals surface area contributed by atoms with Crippen molar-refractivity contribution in [2.75, 3.05) is 14.2 Å². The van der Waals surface area contributed by atoms with E-state index in [0.29, 0.717) is 16.1 Å². The fourth-order valence-corrected chi connectivity index (χ4v) is 4.59. The van der Waals surface area contributed by atoms with Crippen molar-refractivity contribution in [1.82, 2.24) is 4.98 Å². The molecule has 1 aromatic heterocycles. The van der Waals surface area contributed by atoms with Crippen LogP contribution >= 0.6 is 11.6 Å². The van der Waals surface area contributed by atoms with Crippen LogP contribution in [0.5, 0.6) is 5.75 Å². The fourth-order valence-electron chi connectivity index (χ4n) is 2.83. The number of hydrogen-bond donors (Lipinski definition) is 0. The summed E-state index contributed by atoms with van der Waals surface area (Å²) in [6.45, 7) is 0. The van der Waals surface area contributed by atoms with Crippen molar-refractivity contribution in [3.05, 3.63) is 77.1 Å². The average molecular weight is 432 g/mol. The third kappa shape index (κ3) is 4.75. The number of pyridine rings is 1. The van der Waals surface area contributed by atoms with E-state index >= 15 is 0 Å². The highest BCUT2D eigenvalue weighted by Gasteiger charge is 2.21. The number of methoxy groups -OCH3 is 2. The van der Waals surface area contributed by atoms with Gasteiger partial charge >= 0.3 is 5.97 Å². The van der Waals surface area contributed by atoms with Crippen molar-refractivity contribution in [1.29, 1.82) is 0 Å². The molecule has 0 radical (unpaired) electrons. The van der Waals surface area contributed by atoms with Gasteiger partial charge in [0.1, 0.15) is 10.6 Å². The van der Waals surface area contributed by atoms with Crippen LogP contribution in [0.25, 0.3) is 11.1 Å². The molecule has 0 amide bonds. The SMILES string of the molecule is COC(=O)c1ccc(-c2cncc(CS(=O)(=O)c3cc(Cl)ccc3OC)c2)cc1. The first-order chi connectivity index (χ1) is 13.8. The quantitative estimate of drug-likeness (QED) is 0.545. The average Bonchev–Trinajstić information content (AvgIpc) is 2.73. The molecule has 0 N–H and O–H groups in total. The van der Waals surface area contributed by atoms with E-state index in [9.17, 15) is 13.2 Å². The van der Waals surface area contributed by atoms with Gasteiger partial charge in [-0.2, -0.15) is 0 Å². The van der Waals surface area contributed by atoms with E-state index in [-0.39, 0.29) is 16.4 Å². The van der Waals surface area contributed by atoms with Crippen LogP contribution in [0.15, 0.2) is 65.8 Å². The van der Waals surface area contributed by atoms with E-state index in [1.807, 2.05) is 0 Å². The van der Waals surface area contributed by atoms with Crippen molar-refractivity contribution in [2.24, 2.45) is 0 Å². The Kier molecular flexibility index (Phi) is 6.20. The number of ether oxygens (including phenoxy) is 2. The molecule has 3 rings (SSSR count). The Bertz CT molecular complexity index is 1140. The molecular weight excluding hydrogens is 414 g/mol. The zero-order valence-corrected chi connectivity index (χ0v) is 17.3. The van der Waals surface area contributed by atoms with Crippen LogP contribution in [0, 0.1) is 0 Å². The van der Waals surface area contributed by atoms with E-state index in [1.54, 1.807) is 42.6 Å². The van der Waals surface area contributed by atoms with Gasteiger partial charge < -0.3 is 9.47 Å². The van der Waals surface area contributed by atoms with Crippen LogP contribution in [-0.4, -0.2) is 33.6 Å². The van der Waals surface area contributed by atoms with E-state index in [2.05, 4.69) is 9.72 Å². The zero-order chi connectivity index (χ0) is 21.0. The highest BCUT2D eigenvalue weighted by atomic mass is 35.5. The minimum Gasteiger partial charge on any atom is -0.495 e. The number of aromatic nitrogens is 1. The van der Waals surface area contributed by atoms with Gasteiger partial charge in [0.2, 0.25) is 0 Å². The summed E-state index contributed by atoms with van der Waals surface area (Å²) in [4.78, 5) is 15.7. The molecule has 0 aliphatic carbocycles. The van der Waals surface area contributed by atoms with Crippen molar-refractivity contribution in [3.63, 3.8) is 0 Å². The summed E-state index contributed by atoms with van der Waals surface area (Å²) in [7, 11) is -0.986. The van der Waals surface area contributed by atoms with Crippen LogP contribution < -0.4 is 4.74 Å². The lowest BCUT2D eigenvalue weighted by Crippen LogP contribution is -2.07.